The number of amides is 1. The van der Waals surface area contributed by atoms with Crippen LogP contribution in [0.4, 0.5) is 0 Å². The van der Waals surface area contributed by atoms with Crippen molar-refractivity contribution in [2.24, 2.45) is 16.6 Å². The number of nitrogens with two attached hydrogens (primary N) is 1. The highest BCUT2D eigenvalue weighted by atomic mass is 32.1. The Morgan fingerprint density at radius 2 is 2.19 bits per heavy atom. The molecular formula is C19H20N4O2S. The first-order chi connectivity index (χ1) is 12.4. The smallest absolute Gasteiger partial charge is 0.248 e. The average Bonchev–Trinajstić information content (AvgIpc) is 3.07. The Morgan fingerprint density at radius 1 is 1.38 bits per heavy atom. The van der Waals surface area contributed by atoms with Crippen LogP contribution in [-0.4, -0.2) is 34.3 Å². The number of guanidine groups is 1. The van der Waals surface area contributed by atoms with Crippen molar-refractivity contribution in [3.05, 3.63) is 62.2 Å². The zero-order valence-corrected chi connectivity index (χ0v) is 15.5. The van der Waals surface area contributed by atoms with Gasteiger partial charge in [0.15, 0.2) is 5.96 Å². The normalized spacial score (nSPS) is 25.5. The van der Waals surface area contributed by atoms with E-state index in [-0.39, 0.29) is 23.3 Å². The van der Waals surface area contributed by atoms with Crippen LogP contribution in [0.1, 0.15) is 29.3 Å². The second-order valence-corrected chi connectivity index (χ2v) is 7.98. The van der Waals surface area contributed by atoms with Crippen LogP contribution in [-0.2, 0) is 11.2 Å². The fourth-order valence-electron chi connectivity index (χ4n) is 3.69. The van der Waals surface area contributed by atoms with E-state index in [0.717, 1.165) is 17.6 Å². The van der Waals surface area contributed by atoms with Gasteiger partial charge < -0.3 is 10.7 Å². The summed E-state index contributed by atoms with van der Waals surface area (Å²) < 4.78 is 0. The monoisotopic (exact) mass is 368 g/mol. The first-order valence-electron chi connectivity index (χ1n) is 8.47. The van der Waals surface area contributed by atoms with Gasteiger partial charge in [-0.1, -0.05) is 6.08 Å². The van der Waals surface area contributed by atoms with Crippen LogP contribution in [0.3, 0.4) is 0 Å². The molecule has 0 saturated carbocycles. The minimum absolute atomic E-state index is 0.0232. The first-order valence-corrected chi connectivity index (χ1v) is 9.35. The highest BCUT2D eigenvalue weighted by Gasteiger charge is 2.42. The lowest BCUT2D eigenvalue weighted by Crippen LogP contribution is -2.51. The predicted octanol–water partition coefficient (Wildman–Crippen LogP) is 1.98. The van der Waals surface area contributed by atoms with Crippen molar-refractivity contribution in [1.29, 1.82) is 0 Å². The van der Waals surface area contributed by atoms with Crippen molar-refractivity contribution in [2.45, 2.75) is 25.3 Å². The van der Waals surface area contributed by atoms with E-state index in [2.05, 4.69) is 27.5 Å². The molecule has 1 aliphatic carbocycles. The first kappa shape index (κ1) is 16.8. The number of hydrogen-bond donors (Lipinski definition) is 2. The summed E-state index contributed by atoms with van der Waals surface area (Å²) in [5.74, 6) is 0.253. The van der Waals surface area contributed by atoms with Crippen LogP contribution in [0.25, 0.3) is 5.57 Å². The zero-order valence-electron chi connectivity index (χ0n) is 14.7. The summed E-state index contributed by atoms with van der Waals surface area (Å²) in [6.07, 6.45) is 4.93. The largest absolute Gasteiger partial charge is 0.369 e. The van der Waals surface area contributed by atoms with Crippen molar-refractivity contribution in [3.63, 3.8) is 0 Å². The fourth-order valence-corrected chi connectivity index (χ4v) is 4.67. The lowest BCUT2D eigenvalue weighted by atomic mass is 9.74. The molecule has 0 radical (unpaired) electrons. The minimum atomic E-state index is -0.597. The van der Waals surface area contributed by atoms with Crippen LogP contribution in [0.2, 0.25) is 0 Å². The van der Waals surface area contributed by atoms with E-state index in [4.69, 9.17) is 5.73 Å². The van der Waals surface area contributed by atoms with Gasteiger partial charge in [0, 0.05) is 30.1 Å². The van der Waals surface area contributed by atoms with Crippen molar-refractivity contribution in [1.82, 2.24) is 9.88 Å². The molecule has 3 heterocycles. The van der Waals surface area contributed by atoms with Gasteiger partial charge in [0.1, 0.15) is 0 Å². The van der Waals surface area contributed by atoms with Crippen molar-refractivity contribution in [2.75, 3.05) is 7.05 Å². The number of fused-ring (bicyclic) bond motifs is 1. The summed E-state index contributed by atoms with van der Waals surface area (Å²) >= 11 is 1.67. The second kappa shape index (κ2) is 5.95. The maximum atomic E-state index is 12.4. The number of aliphatic imine (C=N–C) groups is 1. The molecule has 26 heavy (non-hydrogen) atoms. The van der Waals surface area contributed by atoms with Crippen molar-refractivity contribution < 1.29 is 4.79 Å². The van der Waals surface area contributed by atoms with E-state index in [1.165, 1.54) is 15.3 Å². The quantitative estimate of drug-likeness (QED) is 0.849. The molecule has 1 amide bonds. The molecule has 2 aliphatic rings. The zero-order chi connectivity index (χ0) is 18.5. The molecule has 134 valence electrons. The highest BCUT2D eigenvalue weighted by molar-refractivity contribution is 7.11. The summed E-state index contributed by atoms with van der Waals surface area (Å²) in [6.45, 7) is 1.98. The van der Waals surface area contributed by atoms with Gasteiger partial charge in [0.25, 0.3) is 0 Å². The number of carbonyl (C=O) groups is 1. The third-order valence-electron chi connectivity index (χ3n) is 5.28. The van der Waals surface area contributed by atoms with Gasteiger partial charge >= 0.3 is 0 Å². The number of aromatic amines is 1. The minimum Gasteiger partial charge on any atom is -0.369 e. The number of H-pyrrole nitrogens is 1. The molecule has 0 aromatic carbocycles. The van der Waals surface area contributed by atoms with Gasteiger partial charge in [-0.15, -0.1) is 11.3 Å². The molecule has 0 saturated heterocycles. The molecule has 1 unspecified atom stereocenters. The molecule has 0 fully saturated rings. The second-order valence-electron chi connectivity index (χ2n) is 7.06. The van der Waals surface area contributed by atoms with Gasteiger partial charge in [0.2, 0.25) is 11.5 Å². The number of carbonyl (C=O) groups excluding carboxylic acids is 1. The number of thiophene rings is 1. The Labute approximate surface area is 155 Å². The van der Waals surface area contributed by atoms with Crippen LogP contribution in [0, 0.1) is 5.92 Å². The van der Waals surface area contributed by atoms with Crippen LogP contribution < -0.4 is 11.3 Å². The third-order valence-corrected chi connectivity index (χ3v) is 6.27. The number of nitrogens with zero attached hydrogens (tertiary/aromatic N) is 2. The number of aromatic nitrogens is 1. The summed E-state index contributed by atoms with van der Waals surface area (Å²) in [5.41, 5.74) is 8.38. The number of pyridine rings is 1. The number of nitrogens with one attached hydrogen (secondary N) is 1. The Balaban J connectivity index is 1.83. The third kappa shape index (κ3) is 2.68. The Morgan fingerprint density at radius 3 is 2.92 bits per heavy atom. The maximum Gasteiger partial charge on any atom is 0.248 e. The van der Waals surface area contributed by atoms with Crippen LogP contribution in [0.5, 0.6) is 0 Å². The molecule has 2 atom stereocenters. The van der Waals surface area contributed by atoms with Crippen LogP contribution in [0.15, 0.2) is 45.6 Å². The van der Waals surface area contributed by atoms with E-state index in [1.807, 2.05) is 13.0 Å². The van der Waals surface area contributed by atoms with E-state index in [9.17, 15) is 9.59 Å². The lowest BCUT2D eigenvalue weighted by molar-refractivity contribution is -0.128. The topological polar surface area (TPSA) is 91.5 Å². The van der Waals surface area contributed by atoms with Gasteiger partial charge in [-0.3, -0.25) is 14.5 Å². The predicted molar refractivity (Wildman–Crippen MR) is 103 cm³/mol. The van der Waals surface area contributed by atoms with Crippen LogP contribution >= 0.6 is 11.3 Å². The molecule has 4 rings (SSSR count). The summed E-state index contributed by atoms with van der Waals surface area (Å²) in [5, 5.41) is 2.06. The summed E-state index contributed by atoms with van der Waals surface area (Å²) in [4.78, 5) is 34.0. The molecule has 0 spiro atoms. The van der Waals surface area contributed by atoms with E-state index in [0.29, 0.717) is 6.42 Å². The van der Waals surface area contributed by atoms with E-state index in [1.54, 1.807) is 30.6 Å². The standard InChI is InChI=1S/C19H20N4O2S/c1-19(10-16(25)23(2)18(20)22-19)13-7-12-4-6-26-17(12)14(9-13)11-3-5-21-15(24)8-11/h3-6,8-9,13H,7,10H2,1-2H3,(H2,20,22)(H,21,24)/t13?,19-/m0/s1. The molecule has 2 aromatic heterocycles. The van der Waals surface area contributed by atoms with E-state index < -0.39 is 5.54 Å². The Hall–Kier alpha value is -2.67. The highest BCUT2D eigenvalue weighted by Crippen LogP contribution is 2.43. The fraction of sp³-hybridized carbons (Fsp3) is 0.316. The molecule has 6 nitrogen and oxygen atoms in total. The maximum absolute atomic E-state index is 12.4. The Kier molecular flexibility index (Phi) is 3.84. The molecule has 2 aromatic rings. The molecule has 7 heteroatoms. The van der Waals surface area contributed by atoms with Gasteiger partial charge in [-0.05, 0) is 47.6 Å². The SMILES string of the molecule is CN1C(=O)C[C@@](C)(C2C=C(c3cc[nH]c(=O)c3)c3sccc3C2)N=C1N. The number of rotatable bonds is 2. The van der Waals surface area contributed by atoms with Gasteiger partial charge in [-0.25, -0.2) is 4.99 Å². The summed E-state index contributed by atoms with van der Waals surface area (Å²) in [7, 11) is 1.65. The van der Waals surface area contributed by atoms with Gasteiger partial charge in [-0.2, -0.15) is 0 Å². The molecule has 1 aliphatic heterocycles. The molecular weight excluding hydrogens is 348 g/mol. The van der Waals surface area contributed by atoms with E-state index >= 15 is 0 Å². The van der Waals surface area contributed by atoms with Crippen molar-refractivity contribution >= 4 is 28.8 Å². The molecule has 3 N–H and O–H groups in total. The number of hydrogen-bond acceptors (Lipinski definition) is 5. The lowest BCUT2D eigenvalue weighted by Gasteiger charge is -2.39. The Bertz CT molecular complexity index is 1000. The van der Waals surface area contributed by atoms with Gasteiger partial charge in [0.05, 0.1) is 12.0 Å². The van der Waals surface area contributed by atoms with Crippen molar-refractivity contribution in [3.8, 4) is 0 Å². The summed E-state index contributed by atoms with van der Waals surface area (Å²) in [6, 6.07) is 5.62. The molecule has 0 bridgehead atoms. The average molecular weight is 368 g/mol.